The average Bonchev–Trinajstić information content (AvgIpc) is 3.24. The van der Waals surface area contributed by atoms with E-state index in [4.69, 9.17) is 19.9 Å². The maximum atomic E-state index is 5.16. The lowest BCUT2D eigenvalue weighted by Gasteiger charge is -2.20. The molecule has 0 radical (unpaired) electrons. The van der Waals surface area contributed by atoms with E-state index in [2.05, 4.69) is 146 Å². The van der Waals surface area contributed by atoms with Crippen molar-refractivity contribution in [3.63, 3.8) is 0 Å². The number of pyridine rings is 1. The normalized spacial score (nSPS) is 11.7. The summed E-state index contributed by atoms with van der Waals surface area (Å²) in [5.41, 5.74) is 12.9. The fourth-order valence-electron chi connectivity index (χ4n) is 7.06. The zero-order chi connectivity index (χ0) is 35.1. The SMILES string of the molecule is c1ccc(-c2ccc(-c3nc(-c4ccccc4)nc(-c4ccc(-c5cccc(-c6cc7c8c(cccc8n6)Sc6ccccc6-7)c5)cc4)n3)cc2)cc1. The molecule has 0 unspecified atom stereocenters. The fourth-order valence-corrected chi connectivity index (χ4v) is 8.19. The largest absolute Gasteiger partial charge is 0.248 e. The number of nitrogens with zero attached hydrogens (tertiary/aromatic N) is 4. The Morgan fingerprint density at radius 2 is 0.774 bits per heavy atom. The molecule has 1 aliphatic heterocycles. The minimum atomic E-state index is 0.633. The Kier molecular flexibility index (Phi) is 7.70. The van der Waals surface area contributed by atoms with E-state index in [0.29, 0.717) is 17.5 Å². The summed E-state index contributed by atoms with van der Waals surface area (Å²) in [7, 11) is 0. The van der Waals surface area contributed by atoms with Gasteiger partial charge in [0.05, 0.1) is 11.2 Å². The highest BCUT2D eigenvalue weighted by molar-refractivity contribution is 7.99. The fraction of sp³-hybridized carbons (Fsp3) is 0. The molecule has 0 spiro atoms. The zero-order valence-corrected chi connectivity index (χ0v) is 29.3. The molecule has 0 saturated carbocycles. The molecule has 0 N–H and O–H groups in total. The number of hydrogen-bond acceptors (Lipinski definition) is 5. The Morgan fingerprint density at radius 3 is 1.45 bits per heavy atom. The van der Waals surface area contributed by atoms with Crippen LogP contribution in [0.25, 0.3) is 89.7 Å². The second-order valence-corrected chi connectivity index (χ2v) is 14.2. The first-order valence-corrected chi connectivity index (χ1v) is 18.4. The molecule has 1 aliphatic rings. The van der Waals surface area contributed by atoms with Crippen LogP contribution in [0, 0.1) is 0 Å². The molecule has 0 bridgehead atoms. The number of fused-ring (bicyclic) bond motifs is 2. The Balaban J connectivity index is 1.00. The third kappa shape index (κ3) is 5.87. The molecule has 5 heteroatoms. The van der Waals surface area contributed by atoms with E-state index in [-0.39, 0.29) is 0 Å². The summed E-state index contributed by atoms with van der Waals surface area (Å²) in [6, 6.07) is 63.4. The van der Waals surface area contributed by atoms with Gasteiger partial charge in [0.25, 0.3) is 0 Å². The molecule has 0 amide bonds. The van der Waals surface area contributed by atoms with Crippen LogP contribution in [0.5, 0.6) is 0 Å². The molecule has 7 aromatic carbocycles. The van der Waals surface area contributed by atoms with E-state index in [0.717, 1.165) is 50.2 Å². The van der Waals surface area contributed by atoms with E-state index in [1.807, 2.05) is 48.2 Å². The van der Waals surface area contributed by atoms with Crippen LogP contribution in [0.3, 0.4) is 0 Å². The summed E-state index contributed by atoms with van der Waals surface area (Å²) >= 11 is 1.82. The Bertz CT molecular complexity index is 2780. The van der Waals surface area contributed by atoms with Crippen molar-refractivity contribution < 1.29 is 0 Å². The lowest BCUT2D eigenvalue weighted by atomic mass is 9.96. The second kappa shape index (κ2) is 13.1. The molecule has 248 valence electrons. The van der Waals surface area contributed by atoms with Crippen LogP contribution < -0.4 is 0 Å². The van der Waals surface area contributed by atoms with Gasteiger partial charge in [-0.05, 0) is 63.7 Å². The van der Waals surface area contributed by atoms with Gasteiger partial charge in [0, 0.05) is 37.4 Å². The highest BCUT2D eigenvalue weighted by atomic mass is 32.2. The summed E-state index contributed by atoms with van der Waals surface area (Å²) in [6.07, 6.45) is 0. The van der Waals surface area contributed by atoms with Gasteiger partial charge >= 0.3 is 0 Å². The van der Waals surface area contributed by atoms with Crippen LogP contribution in [0.15, 0.2) is 192 Å². The van der Waals surface area contributed by atoms with Crippen LogP contribution >= 0.6 is 11.8 Å². The van der Waals surface area contributed by atoms with E-state index in [9.17, 15) is 0 Å². The molecule has 0 atom stereocenters. The minimum Gasteiger partial charge on any atom is -0.248 e. The van der Waals surface area contributed by atoms with E-state index in [1.54, 1.807) is 0 Å². The summed E-state index contributed by atoms with van der Waals surface area (Å²) in [6.45, 7) is 0. The van der Waals surface area contributed by atoms with E-state index >= 15 is 0 Å². The quantitative estimate of drug-likeness (QED) is 0.173. The number of rotatable bonds is 6. The molecule has 3 heterocycles. The zero-order valence-electron chi connectivity index (χ0n) is 28.5. The van der Waals surface area contributed by atoms with E-state index in [1.165, 1.54) is 31.9 Å². The Labute approximate surface area is 312 Å². The van der Waals surface area contributed by atoms with Gasteiger partial charge in [0.1, 0.15) is 0 Å². The third-order valence-electron chi connectivity index (χ3n) is 9.75. The van der Waals surface area contributed by atoms with Crippen LogP contribution in [0.4, 0.5) is 0 Å². The molecule has 4 nitrogen and oxygen atoms in total. The molecule has 0 fully saturated rings. The summed E-state index contributed by atoms with van der Waals surface area (Å²) in [4.78, 5) is 22.6. The van der Waals surface area contributed by atoms with Crippen molar-refractivity contribution in [2.75, 3.05) is 0 Å². The van der Waals surface area contributed by atoms with Gasteiger partial charge in [-0.1, -0.05) is 163 Å². The van der Waals surface area contributed by atoms with Gasteiger partial charge in [0.2, 0.25) is 0 Å². The first-order valence-electron chi connectivity index (χ1n) is 17.6. The molecule has 0 aliphatic carbocycles. The molecular formula is C48H30N4S. The topological polar surface area (TPSA) is 51.6 Å². The Hall–Kier alpha value is -6.69. The van der Waals surface area contributed by atoms with Gasteiger partial charge in [-0.3, -0.25) is 0 Å². The lowest BCUT2D eigenvalue weighted by molar-refractivity contribution is 1.07. The highest BCUT2D eigenvalue weighted by Gasteiger charge is 2.21. The van der Waals surface area contributed by atoms with Crippen molar-refractivity contribution in [3.05, 3.63) is 182 Å². The second-order valence-electron chi connectivity index (χ2n) is 13.1. The minimum absolute atomic E-state index is 0.633. The van der Waals surface area contributed by atoms with Crippen molar-refractivity contribution in [3.8, 4) is 78.8 Å². The summed E-state index contributed by atoms with van der Waals surface area (Å²) in [5, 5.41) is 1.23. The molecular weight excluding hydrogens is 665 g/mol. The predicted molar refractivity (Wildman–Crippen MR) is 217 cm³/mol. The molecule has 53 heavy (non-hydrogen) atoms. The predicted octanol–water partition coefficient (Wildman–Crippen LogP) is 12.6. The van der Waals surface area contributed by atoms with Crippen LogP contribution in [0.2, 0.25) is 0 Å². The van der Waals surface area contributed by atoms with Crippen molar-refractivity contribution in [2.45, 2.75) is 9.79 Å². The van der Waals surface area contributed by atoms with Gasteiger partial charge in [-0.15, -0.1) is 0 Å². The van der Waals surface area contributed by atoms with Crippen LogP contribution in [-0.4, -0.2) is 19.9 Å². The third-order valence-corrected chi connectivity index (χ3v) is 10.9. The Morgan fingerprint density at radius 1 is 0.302 bits per heavy atom. The highest BCUT2D eigenvalue weighted by Crippen LogP contribution is 2.48. The van der Waals surface area contributed by atoms with Crippen molar-refractivity contribution in [1.29, 1.82) is 0 Å². The van der Waals surface area contributed by atoms with Gasteiger partial charge in [-0.25, -0.2) is 19.9 Å². The van der Waals surface area contributed by atoms with E-state index < -0.39 is 0 Å². The average molecular weight is 695 g/mol. The van der Waals surface area contributed by atoms with Crippen molar-refractivity contribution in [2.24, 2.45) is 0 Å². The van der Waals surface area contributed by atoms with Gasteiger partial charge < -0.3 is 0 Å². The monoisotopic (exact) mass is 694 g/mol. The summed E-state index contributed by atoms with van der Waals surface area (Å²) < 4.78 is 0. The molecule has 9 aromatic rings. The smallest absolute Gasteiger partial charge is 0.164 e. The number of aromatic nitrogens is 4. The molecule has 2 aromatic heterocycles. The lowest BCUT2D eigenvalue weighted by Crippen LogP contribution is -2.00. The maximum Gasteiger partial charge on any atom is 0.164 e. The molecule has 0 saturated heterocycles. The standard InChI is InChI=1S/C48H30N4S/c1-3-11-31(12-4-1)32-21-25-35(26-22-32)47-50-46(34-13-5-2-6-14-34)51-48(52-47)36-27-23-33(24-28-36)37-15-9-16-38(29-37)42-30-40-39-17-7-8-19-43(39)53-44-20-10-18-41(49-42)45(40)44/h1-30H. The summed E-state index contributed by atoms with van der Waals surface area (Å²) in [5.74, 6) is 1.92. The van der Waals surface area contributed by atoms with Crippen LogP contribution in [-0.2, 0) is 0 Å². The molecule has 10 rings (SSSR count). The number of benzene rings is 7. The first-order chi connectivity index (χ1) is 26.2. The van der Waals surface area contributed by atoms with Crippen LogP contribution in [0.1, 0.15) is 0 Å². The van der Waals surface area contributed by atoms with Gasteiger partial charge in [0.15, 0.2) is 17.5 Å². The number of hydrogen-bond donors (Lipinski definition) is 0. The van der Waals surface area contributed by atoms with Gasteiger partial charge in [-0.2, -0.15) is 0 Å². The van der Waals surface area contributed by atoms with Crippen molar-refractivity contribution >= 4 is 22.7 Å². The maximum absolute atomic E-state index is 5.16. The van der Waals surface area contributed by atoms with Crippen molar-refractivity contribution in [1.82, 2.24) is 19.9 Å². The first kappa shape index (κ1) is 31.1.